The van der Waals surface area contributed by atoms with Crippen LogP contribution in [0, 0.1) is 16.7 Å². The van der Waals surface area contributed by atoms with Crippen LogP contribution in [0.25, 0.3) is 0 Å². The molecule has 0 unspecified atom stereocenters. The van der Waals surface area contributed by atoms with E-state index in [4.69, 9.17) is 5.26 Å². The van der Waals surface area contributed by atoms with Crippen LogP contribution in [0.3, 0.4) is 0 Å². The van der Waals surface area contributed by atoms with E-state index in [9.17, 15) is 4.79 Å². The van der Waals surface area contributed by atoms with E-state index >= 15 is 0 Å². The molecule has 78 valence electrons. The fraction of sp³-hybridized carbons (Fsp3) is 0.455. The highest BCUT2D eigenvalue weighted by atomic mass is 16.2. The third-order valence-corrected chi connectivity index (χ3v) is 2.96. The third-order valence-electron chi connectivity index (χ3n) is 2.96. The van der Waals surface area contributed by atoms with Gasteiger partial charge in [0.25, 0.3) is 0 Å². The van der Waals surface area contributed by atoms with Gasteiger partial charge in [0, 0.05) is 11.9 Å². The lowest BCUT2D eigenvalue weighted by Gasteiger charge is -2.33. The van der Waals surface area contributed by atoms with E-state index in [-0.39, 0.29) is 5.91 Å². The minimum atomic E-state index is -0.743. The second kappa shape index (κ2) is 3.77. The maximum absolute atomic E-state index is 11.7. The zero-order valence-electron chi connectivity index (χ0n) is 8.42. The number of amides is 1. The molecule has 0 radical (unpaired) electrons. The number of aromatic nitrogens is 1. The van der Waals surface area contributed by atoms with Crippen molar-refractivity contribution in [3.05, 3.63) is 24.0 Å². The Hall–Kier alpha value is -1.76. The number of nitrogens with one attached hydrogen (secondary N) is 2. The molecule has 1 amide bonds. The molecule has 1 saturated carbocycles. The molecule has 1 aromatic heterocycles. The van der Waals surface area contributed by atoms with Gasteiger partial charge in [-0.05, 0) is 31.4 Å². The van der Waals surface area contributed by atoms with Gasteiger partial charge in [0.2, 0.25) is 5.91 Å². The van der Waals surface area contributed by atoms with Gasteiger partial charge in [-0.15, -0.1) is 0 Å². The van der Waals surface area contributed by atoms with Crippen LogP contribution in [0.4, 0.5) is 0 Å². The van der Waals surface area contributed by atoms with Crippen LogP contribution in [0.2, 0.25) is 0 Å². The second-order valence-electron chi connectivity index (χ2n) is 3.93. The number of hydrogen-bond acceptors (Lipinski definition) is 2. The van der Waals surface area contributed by atoms with E-state index < -0.39 is 5.41 Å². The van der Waals surface area contributed by atoms with Crippen molar-refractivity contribution in [1.29, 1.82) is 5.26 Å². The predicted octanol–water partition coefficient (Wildman–Crippen LogP) is 1.32. The van der Waals surface area contributed by atoms with Gasteiger partial charge < -0.3 is 10.3 Å². The maximum Gasteiger partial charge on any atom is 0.240 e. The molecule has 15 heavy (non-hydrogen) atoms. The minimum absolute atomic E-state index is 0.133. The number of rotatable bonds is 3. The molecule has 0 saturated heterocycles. The normalized spacial score (nSPS) is 17.5. The molecular weight excluding hydrogens is 190 g/mol. The monoisotopic (exact) mass is 203 g/mol. The van der Waals surface area contributed by atoms with Gasteiger partial charge in [-0.3, -0.25) is 4.79 Å². The first kappa shape index (κ1) is 9.78. The average Bonchev–Trinajstić information content (AvgIpc) is 2.66. The van der Waals surface area contributed by atoms with E-state index in [2.05, 4.69) is 16.4 Å². The summed E-state index contributed by atoms with van der Waals surface area (Å²) in [5.41, 5.74) is 0.211. The molecule has 1 fully saturated rings. The number of aromatic amines is 1. The zero-order chi connectivity index (χ0) is 10.7. The summed E-state index contributed by atoms with van der Waals surface area (Å²) < 4.78 is 0. The van der Waals surface area contributed by atoms with E-state index in [0.717, 1.165) is 12.1 Å². The van der Waals surface area contributed by atoms with Gasteiger partial charge in [-0.2, -0.15) is 5.26 Å². The SMILES string of the molecule is N#CC1(C(=O)NCc2ccc[nH]2)CCC1. The highest BCUT2D eigenvalue weighted by Crippen LogP contribution is 2.40. The Kier molecular flexibility index (Phi) is 2.46. The van der Waals surface area contributed by atoms with Crippen LogP contribution in [0.5, 0.6) is 0 Å². The summed E-state index contributed by atoms with van der Waals surface area (Å²) in [5.74, 6) is -0.133. The largest absolute Gasteiger partial charge is 0.364 e. The molecule has 1 aliphatic rings. The van der Waals surface area contributed by atoms with Crippen LogP contribution in [0.1, 0.15) is 25.0 Å². The molecule has 0 aliphatic heterocycles. The molecule has 0 bridgehead atoms. The molecule has 0 atom stereocenters. The van der Waals surface area contributed by atoms with Gasteiger partial charge in [-0.1, -0.05) is 0 Å². The van der Waals surface area contributed by atoms with Crippen molar-refractivity contribution >= 4 is 5.91 Å². The molecule has 2 rings (SSSR count). The third kappa shape index (κ3) is 1.73. The summed E-state index contributed by atoms with van der Waals surface area (Å²) >= 11 is 0. The predicted molar refractivity (Wildman–Crippen MR) is 54.5 cm³/mol. The number of carbonyl (C=O) groups excluding carboxylic acids is 1. The lowest BCUT2D eigenvalue weighted by Crippen LogP contribution is -2.44. The van der Waals surface area contributed by atoms with Crippen molar-refractivity contribution in [3.63, 3.8) is 0 Å². The van der Waals surface area contributed by atoms with Crippen LogP contribution in [-0.2, 0) is 11.3 Å². The van der Waals surface area contributed by atoms with Gasteiger partial charge in [0.05, 0.1) is 12.6 Å². The lowest BCUT2D eigenvalue weighted by molar-refractivity contribution is -0.131. The van der Waals surface area contributed by atoms with Crippen molar-refractivity contribution in [2.75, 3.05) is 0 Å². The van der Waals surface area contributed by atoms with Gasteiger partial charge in [0.15, 0.2) is 0 Å². The summed E-state index contributed by atoms with van der Waals surface area (Å²) in [6, 6.07) is 5.91. The molecule has 4 nitrogen and oxygen atoms in total. The Morgan fingerprint density at radius 2 is 2.47 bits per heavy atom. The highest BCUT2D eigenvalue weighted by Gasteiger charge is 2.44. The molecule has 1 aromatic rings. The van der Waals surface area contributed by atoms with Crippen molar-refractivity contribution in [2.24, 2.45) is 5.41 Å². The first-order valence-electron chi connectivity index (χ1n) is 5.09. The zero-order valence-corrected chi connectivity index (χ0v) is 8.42. The van der Waals surface area contributed by atoms with Crippen LogP contribution in [-0.4, -0.2) is 10.9 Å². The quantitative estimate of drug-likeness (QED) is 0.778. The summed E-state index contributed by atoms with van der Waals surface area (Å²) in [6.45, 7) is 0.468. The lowest BCUT2D eigenvalue weighted by atomic mass is 9.69. The van der Waals surface area contributed by atoms with Crippen LogP contribution in [0.15, 0.2) is 18.3 Å². The Labute approximate surface area is 88.3 Å². The minimum Gasteiger partial charge on any atom is -0.364 e. The molecule has 1 heterocycles. The average molecular weight is 203 g/mol. The van der Waals surface area contributed by atoms with E-state index in [1.807, 2.05) is 18.3 Å². The van der Waals surface area contributed by atoms with Gasteiger partial charge in [0.1, 0.15) is 5.41 Å². The Morgan fingerprint density at radius 3 is 2.93 bits per heavy atom. The van der Waals surface area contributed by atoms with E-state index in [1.54, 1.807) is 0 Å². The number of H-pyrrole nitrogens is 1. The number of hydrogen-bond donors (Lipinski definition) is 2. The Balaban J connectivity index is 1.90. The maximum atomic E-state index is 11.7. The van der Waals surface area contributed by atoms with E-state index in [0.29, 0.717) is 19.4 Å². The topological polar surface area (TPSA) is 68.7 Å². The van der Waals surface area contributed by atoms with Crippen LogP contribution < -0.4 is 5.32 Å². The summed E-state index contributed by atoms with van der Waals surface area (Å²) in [6.07, 6.45) is 4.18. The molecule has 0 aromatic carbocycles. The summed E-state index contributed by atoms with van der Waals surface area (Å²) in [5, 5.41) is 11.7. The van der Waals surface area contributed by atoms with E-state index in [1.165, 1.54) is 0 Å². The standard InChI is InChI=1S/C11H13N3O/c12-8-11(4-2-5-11)10(15)14-7-9-3-1-6-13-9/h1,3,6,13H,2,4-5,7H2,(H,14,15). The van der Waals surface area contributed by atoms with Crippen molar-refractivity contribution in [2.45, 2.75) is 25.8 Å². The molecule has 2 N–H and O–H groups in total. The first-order valence-corrected chi connectivity index (χ1v) is 5.09. The summed E-state index contributed by atoms with van der Waals surface area (Å²) in [7, 11) is 0. The Bertz CT molecular complexity index is 384. The molecular formula is C11H13N3O. The van der Waals surface area contributed by atoms with Crippen molar-refractivity contribution in [3.8, 4) is 6.07 Å². The van der Waals surface area contributed by atoms with Crippen molar-refractivity contribution in [1.82, 2.24) is 10.3 Å². The molecule has 1 aliphatic carbocycles. The molecule has 4 heteroatoms. The number of carbonyl (C=O) groups is 1. The number of nitrogens with zero attached hydrogens (tertiary/aromatic N) is 1. The van der Waals surface area contributed by atoms with Crippen LogP contribution >= 0.6 is 0 Å². The highest BCUT2D eigenvalue weighted by molar-refractivity contribution is 5.86. The molecule has 0 spiro atoms. The fourth-order valence-electron chi connectivity index (χ4n) is 1.74. The first-order chi connectivity index (χ1) is 7.27. The number of nitriles is 1. The fourth-order valence-corrected chi connectivity index (χ4v) is 1.74. The van der Waals surface area contributed by atoms with Gasteiger partial charge >= 0.3 is 0 Å². The smallest absolute Gasteiger partial charge is 0.240 e. The Morgan fingerprint density at radius 1 is 1.67 bits per heavy atom. The van der Waals surface area contributed by atoms with Crippen molar-refractivity contribution < 1.29 is 4.79 Å². The summed E-state index contributed by atoms with van der Waals surface area (Å²) in [4.78, 5) is 14.7. The second-order valence-corrected chi connectivity index (χ2v) is 3.93. The van der Waals surface area contributed by atoms with Gasteiger partial charge in [-0.25, -0.2) is 0 Å².